The van der Waals surface area contributed by atoms with Crippen LogP contribution in [0.2, 0.25) is 0 Å². The van der Waals surface area contributed by atoms with Crippen LogP contribution in [0.25, 0.3) is 0 Å². The fourth-order valence-electron chi connectivity index (χ4n) is 0.519. The first kappa shape index (κ1) is 7.84. The Balaban J connectivity index is 2.94. The van der Waals surface area contributed by atoms with Gasteiger partial charge in [-0.05, 0) is 0 Å². The van der Waals surface area contributed by atoms with Crippen molar-refractivity contribution in [2.24, 2.45) is 0 Å². The predicted octanol–water partition coefficient (Wildman–Crippen LogP) is 0.862. The summed E-state index contributed by atoms with van der Waals surface area (Å²) < 4.78 is 2.55. The van der Waals surface area contributed by atoms with E-state index in [1.807, 2.05) is 6.07 Å². The summed E-state index contributed by atoms with van der Waals surface area (Å²) >= 11 is 6.93. The van der Waals surface area contributed by atoms with E-state index < -0.39 is 0 Å². The van der Waals surface area contributed by atoms with Crippen molar-refractivity contribution in [2.75, 3.05) is 0 Å². The van der Waals surface area contributed by atoms with Crippen LogP contribution in [0, 0.1) is 0 Å². The van der Waals surface area contributed by atoms with E-state index in [0.29, 0.717) is 13.1 Å². The fraction of sp³-hybridized carbons (Fsp3) is 0. The van der Waals surface area contributed by atoms with Crippen LogP contribution in [0.15, 0.2) is 28.7 Å². The topological polar surface area (TPSA) is 0 Å². The molecule has 0 unspecified atom stereocenters. The molecule has 3 heteroatoms. The predicted molar refractivity (Wildman–Crippen MR) is 45.3 cm³/mol. The van der Waals surface area contributed by atoms with Gasteiger partial charge in [-0.25, -0.2) is 0 Å². The second-order valence-electron chi connectivity index (χ2n) is 1.54. The van der Waals surface area contributed by atoms with E-state index in [0.717, 1.165) is 4.47 Å². The van der Waals surface area contributed by atoms with Gasteiger partial charge in [0.2, 0.25) is 0 Å². The Bertz CT molecular complexity index is 200. The zero-order valence-corrected chi connectivity index (χ0v) is 9.52. The molecule has 0 N–H and O–H groups in total. The molecule has 0 amide bonds. The molecule has 1 aromatic rings. The van der Waals surface area contributed by atoms with E-state index in [1.54, 1.807) is 0 Å². The number of halogens is 1. The molecular formula is C6H4BrSe2. The molecule has 0 nitrogen and oxygen atoms in total. The van der Waals surface area contributed by atoms with Crippen LogP contribution in [-0.2, 0) is 0 Å². The summed E-state index contributed by atoms with van der Waals surface area (Å²) in [5.41, 5.74) is 0. The Morgan fingerprint density at radius 3 is 2.67 bits per heavy atom. The molecule has 0 aromatic heterocycles. The van der Waals surface area contributed by atoms with Crippen LogP contribution >= 0.6 is 15.9 Å². The second kappa shape index (κ2) is 3.80. The van der Waals surface area contributed by atoms with E-state index in [-0.39, 0.29) is 0 Å². The summed E-state index contributed by atoms with van der Waals surface area (Å²) in [6.07, 6.45) is 0. The summed E-state index contributed by atoms with van der Waals surface area (Å²) in [5, 5.41) is 0. The van der Waals surface area contributed by atoms with Gasteiger partial charge in [0.25, 0.3) is 0 Å². The Kier molecular flexibility index (Phi) is 3.31. The molecule has 0 saturated heterocycles. The van der Waals surface area contributed by atoms with Crippen LogP contribution in [0.1, 0.15) is 0 Å². The van der Waals surface area contributed by atoms with Crippen molar-refractivity contribution in [1.82, 2.24) is 0 Å². The molecule has 0 atom stereocenters. The first-order valence-electron chi connectivity index (χ1n) is 2.38. The number of hydrogen-bond acceptors (Lipinski definition) is 0. The van der Waals surface area contributed by atoms with Gasteiger partial charge in [0.15, 0.2) is 0 Å². The molecule has 1 radical (unpaired) electrons. The second-order valence-corrected chi connectivity index (χ2v) is 5.61. The van der Waals surface area contributed by atoms with Gasteiger partial charge in [0.1, 0.15) is 0 Å². The van der Waals surface area contributed by atoms with Gasteiger partial charge < -0.3 is 0 Å². The number of rotatable bonds is 1. The summed E-state index contributed by atoms with van der Waals surface area (Å²) in [4.78, 5) is 0. The van der Waals surface area contributed by atoms with Gasteiger partial charge in [-0.1, -0.05) is 0 Å². The fourth-order valence-corrected chi connectivity index (χ4v) is 3.04. The summed E-state index contributed by atoms with van der Waals surface area (Å²) in [7, 11) is 0. The van der Waals surface area contributed by atoms with Gasteiger partial charge >= 0.3 is 76.4 Å². The molecular weight excluding hydrogens is 310 g/mol. The van der Waals surface area contributed by atoms with E-state index in [9.17, 15) is 0 Å². The minimum atomic E-state index is 0.504. The van der Waals surface area contributed by atoms with Gasteiger partial charge in [0.05, 0.1) is 0 Å². The average molecular weight is 314 g/mol. The molecule has 9 heavy (non-hydrogen) atoms. The van der Waals surface area contributed by atoms with E-state index in [4.69, 9.17) is 0 Å². The van der Waals surface area contributed by atoms with Crippen molar-refractivity contribution in [3.63, 3.8) is 0 Å². The van der Waals surface area contributed by atoms with Crippen molar-refractivity contribution >= 4 is 47.7 Å². The molecule has 0 bridgehead atoms. The van der Waals surface area contributed by atoms with Crippen molar-refractivity contribution < 1.29 is 0 Å². The SMILES string of the molecule is [Se][Se]c1cccc(Br)c1. The molecule has 47 valence electrons. The third-order valence-electron chi connectivity index (χ3n) is 0.892. The molecule has 0 aliphatic carbocycles. The van der Waals surface area contributed by atoms with E-state index in [1.165, 1.54) is 4.46 Å². The quantitative estimate of drug-likeness (QED) is 0.675. The van der Waals surface area contributed by atoms with Gasteiger partial charge in [-0.2, -0.15) is 0 Å². The molecule has 0 spiro atoms. The molecule has 1 aromatic carbocycles. The summed E-state index contributed by atoms with van der Waals surface area (Å²) in [5.74, 6) is 0. The van der Waals surface area contributed by atoms with Crippen LogP contribution in [0.4, 0.5) is 0 Å². The Hall–Kier alpha value is 0.739. The Morgan fingerprint density at radius 2 is 2.22 bits per heavy atom. The van der Waals surface area contributed by atoms with Crippen LogP contribution in [0.3, 0.4) is 0 Å². The maximum atomic E-state index is 3.40. The summed E-state index contributed by atoms with van der Waals surface area (Å²) in [6.45, 7) is 0. The van der Waals surface area contributed by atoms with Gasteiger partial charge in [0, 0.05) is 0 Å². The standard InChI is InChI=1S/C6H4BrSe2/c7-5-2-1-3-6(4-5)9-8/h1-4H. The van der Waals surface area contributed by atoms with Crippen LogP contribution in [-0.4, -0.2) is 27.3 Å². The minimum absolute atomic E-state index is 0.504. The Labute approximate surface area is 76.1 Å². The third kappa shape index (κ3) is 2.45. The molecule has 1 rings (SSSR count). The van der Waals surface area contributed by atoms with E-state index in [2.05, 4.69) is 48.3 Å². The third-order valence-corrected chi connectivity index (χ3v) is 4.42. The molecule has 0 saturated carbocycles. The van der Waals surface area contributed by atoms with Gasteiger partial charge in [-0.15, -0.1) is 0 Å². The van der Waals surface area contributed by atoms with Crippen molar-refractivity contribution in [3.8, 4) is 0 Å². The van der Waals surface area contributed by atoms with Crippen molar-refractivity contribution in [3.05, 3.63) is 28.7 Å². The summed E-state index contributed by atoms with van der Waals surface area (Å²) in [6, 6.07) is 8.35. The number of hydrogen-bond donors (Lipinski definition) is 0. The normalized spacial score (nSPS) is 9.56. The molecule has 0 heterocycles. The zero-order valence-electron chi connectivity index (χ0n) is 4.50. The Morgan fingerprint density at radius 1 is 1.44 bits per heavy atom. The first-order valence-corrected chi connectivity index (χ1v) is 8.36. The first-order chi connectivity index (χ1) is 4.33. The maximum absolute atomic E-state index is 3.40. The van der Waals surface area contributed by atoms with Crippen LogP contribution in [0.5, 0.6) is 0 Å². The average Bonchev–Trinajstić information content (AvgIpc) is 1.88. The van der Waals surface area contributed by atoms with Crippen LogP contribution < -0.4 is 4.46 Å². The van der Waals surface area contributed by atoms with Gasteiger partial charge in [-0.3, -0.25) is 0 Å². The zero-order chi connectivity index (χ0) is 6.69. The number of benzene rings is 1. The molecule has 0 aliphatic heterocycles. The molecule has 0 aliphatic rings. The van der Waals surface area contributed by atoms with Crippen molar-refractivity contribution in [2.45, 2.75) is 0 Å². The molecule has 0 fully saturated rings. The van der Waals surface area contributed by atoms with E-state index >= 15 is 0 Å². The monoisotopic (exact) mass is 315 g/mol. The van der Waals surface area contributed by atoms with Crippen molar-refractivity contribution in [1.29, 1.82) is 0 Å².